The van der Waals surface area contributed by atoms with Crippen LogP contribution >= 0.6 is 23.2 Å². The molecule has 0 saturated heterocycles. The van der Waals surface area contributed by atoms with Crippen LogP contribution in [0.3, 0.4) is 0 Å². The van der Waals surface area contributed by atoms with Gasteiger partial charge >= 0.3 is 5.97 Å². The van der Waals surface area contributed by atoms with Crippen LogP contribution < -0.4 is 5.32 Å². The Bertz CT molecular complexity index is 459. The van der Waals surface area contributed by atoms with Crippen LogP contribution in [0.2, 0.25) is 10.0 Å². The lowest BCUT2D eigenvalue weighted by molar-refractivity contribution is -0.137. The second kappa shape index (κ2) is 7.33. The Kier molecular flexibility index (Phi) is 6.08. The van der Waals surface area contributed by atoms with E-state index in [4.69, 9.17) is 28.3 Å². The predicted molar refractivity (Wildman–Crippen MR) is 71.3 cm³/mol. The van der Waals surface area contributed by atoms with Crippen LogP contribution in [-0.2, 0) is 9.59 Å². The number of amides is 1. The maximum atomic E-state index is 11.6. The lowest BCUT2D eigenvalue weighted by atomic mass is 10.1. The number of aliphatic carboxylic acids is 1. The molecule has 7 heteroatoms. The molecule has 0 aliphatic carbocycles. The fraction of sp³-hybridized carbons (Fsp3) is 0.333. The van der Waals surface area contributed by atoms with Crippen molar-refractivity contribution < 1.29 is 19.8 Å². The van der Waals surface area contributed by atoms with Crippen molar-refractivity contribution in [1.29, 1.82) is 0 Å². The van der Waals surface area contributed by atoms with Crippen molar-refractivity contribution >= 4 is 35.1 Å². The number of aliphatic hydroxyl groups excluding tert-OH is 1. The number of aliphatic hydroxyl groups is 1. The number of carboxylic acids is 1. The summed E-state index contributed by atoms with van der Waals surface area (Å²) in [7, 11) is 0. The molecule has 0 aromatic heterocycles. The SMILES string of the molecule is O=C(O)CCCNC(=O)C(O)c1cc(Cl)cc(Cl)c1. The van der Waals surface area contributed by atoms with E-state index in [1.165, 1.54) is 18.2 Å². The fourth-order valence-electron chi connectivity index (χ4n) is 1.43. The first-order valence-electron chi connectivity index (χ1n) is 5.53. The molecule has 3 N–H and O–H groups in total. The number of rotatable bonds is 6. The summed E-state index contributed by atoms with van der Waals surface area (Å²) < 4.78 is 0. The van der Waals surface area contributed by atoms with Gasteiger partial charge in [-0.3, -0.25) is 9.59 Å². The van der Waals surface area contributed by atoms with Crippen LogP contribution in [0.5, 0.6) is 0 Å². The number of benzene rings is 1. The normalized spacial score (nSPS) is 11.9. The van der Waals surface area contributed by atoms with Crippen LogP contribution in [0.15, 0.2) is 18.2 Å². The van der Waals surface area contributed by atoms with Crippen LogP contribution in [0, 0.1) is 0 Å². The summed E-state index contributed by atoms with van der Waals surface area (Å²) in [5, 5.41) is 21.3. The lowest BCUT2D eigenvalue weighted by Crippen LogP contribution is -2.30. The summed E-state index contributed by atoms with van der Waals surface area (Å²) in [6.45, 7) is 0.177. The molecule has 0 radical (unpaired) electrons. The molecule has 5 nitrogen and oxygen atoms in total. The maximum Gasteiger partial charge on any atom is 0.303 e. The summed E-state index contributed by atoms with van der Waals surface area (Å²) in [5.74, 6) is -1.56. The van der Waals surface area contributed by atoms with E-state index < -0.39 is 18.0 Å². The summed E-state index contributed by atoms with van der Waals surface area (Å²) in [6.07, 6.45) is -1.13. The molecule has 1 atom stereocenters. The van der Waals surface area contributed by atoms with E-state index in [1.807, 2.05) is 0 Å². The summed E-state index contributed by atoms with van der Waals surface area (Å²) in [4.78, 5) is 21.9. The second-order valence-electron chi connectivity index (χ2n) is 3.89. The molecule has 0 bridgehead atoms. The Morgan fingerprint density at radius 3 is 2.32 bits per heavy atom. The van der Waals surface area contributed by atoms with Gasteiger partial charge in [-0.1, -0.05) is 23.2 Å². The largest absolute Gasteiger partial charge is 0.481 e. The van der Waals surface area contributed by atoms with E-state index in [-0.39, 0.29) is 18.5 Å². The quantitative estimate of drug-likeness (QED) is 0.702. The zero-order chi connectivity index (χ0) is 14.4. The molecular formula is C12H13Cl2NO4. The first kappa shape index (κ1) is 15.8. The van der Waals surface area contributed by atoms with Gasteiger partial charge in [0, 0.05) is 23.0 Å². The molecule has 1 rings (SSSR count). The molecule has 0 spiro atoms. The first-order valence-corrected chi connectivity index (χ1v) is 6.29. The van der Waals surface area contributed by atoms with Crippen LogP contribution in [0.4, 0.5) is 0 Å². The standard InChI is InChI=1S/C12H13Cl2NO4/c13-8-4-7(5-9(14)6-8)11(18)12(19)15-3-1-2-10(16)17/h4-6,11,18H,1-3H2,(H,15,19)(H,16,17). The number of nitrogens with one attached hydrogen (secondary N) is 1. The van der Waals surface area contributed by atoms with Crippen LogP contribution in [0.1, 0.15) is 24.5 Å². The van der Waals surface area contributed by atoms with E-state index in [0.717, 1.165) is 0 Å². The highest BCUT2D eigenvalue weighted by Gasteiger charge is 2.17. The highest BCUT2D eigenvalue weighted by atomic mass is 35.5. The van der Waals surface area contributed by atoms with E-state index in [1.54, 1.807) is 0 Å². The molecule has 19 heavy (non-hydrogen) atoms. The number of carboxylic acid groups (broad SMARTS) is 1. The van der Waals surface area contributed by atoms with Gasteiger partial charge in [-0.15, -0.1) is 0 Å². The molecule has 104 valence electrons. The summed E-state index contributed by atoms with van der Waals surface area (Å²) in [6, 6.07) is 4.37. The van der Waals surface area contributed by atoms with Gasteiger partial charge in [-0.2, -0.15) is 0 Å². The van der Waals surface area contributed by atoms with Crippen molar-refractivity contribution in [2.45, 2.75) is 18.9 Å². The number of hydrogen-bond acceptors (Lipinski definition) is 3. The van der Waals surface area contributed by atoms with Crippen molar-refractivity contribution in [2.75, 3.05) is 6.54 Å². The van der Waals surface area contributed by atoms with E-state index in [9.17, 15) is 14.7 Å². The molecule has 0 fully saturated rings. The molecule has 1 aromatic carbocycles. The minimum Gasteiger partial charge on any atom is -0.481 e. The van der Waals surface area contributed by atoms with Gasteiger partial charge in [0.25, 0.3) is 5.91 Å². The van der Waals surface area contributed by atoms with Gasteiger partial charge in [0.1, 0.15) is 0 Å². The van der Waals surface area contributed by atoms with Gasteiger partial charge < -0.3 is 15.5 Å². The van der Waals surface area contributed by atoms with Crippen molar-refractivity contribution in [2.24, 2.45) is 0 Å². The molecule has 1 aromatic rings. The average Bonchev–Trinajstić information content (AvgIpc) is 2.32. The molecule has 0 saturated carbocycles. The maximum absolute atomic E-state index is 11.6. The topological polar surface area (TPSA) is 86.6 Å². The van der Waals surface area contributed by atoms with Crippen molar-refractivity contribution in [3.05, 3.63) is 33.8 Å². The van der Waals surface area contributed by atoms with Crippen molar-refractivity contribution in [3.63, 3.8) is 0 Å². The van der Waals surface area contributed by atoms with Crippen LogP contribution in [-0.4, -0.2) is 28.6 Å². The fourth-order valence-corrected chi connectivity index (χ4v) is 1.98. The summed E-state index contributed by atoms with van der Waals surface area (Å²) in [5.41, 5.74) is 0.285. The monoisotopic (exact) mass is 305 g/mol. The van der Waals surface area contributed by atoms with E-state index in [2.05, 4.69) is 5.32 Å². The molecule has 1 unspecified atom stereocenters. The average molecular weight is 306 g/mol. The molecule has 1 amide bonds. The Labute approximate surface area is 120 Å². The Morgan fingerprint density at radius 1 is 1.21 bits per heavy atom. The second-order valence-corrected chi connectivity index (χ2v) is 4.77. The smallest absolute Gasteiger partial charge is 0.303 e. The Morgan fingerprint density at radius 2 is 1.79 bits per heavy atom. The summed E-state index contributed by atoms with van der Waals surface area (Å²) >= 11 is 11.5. The first-order chi connectivity index (χ1) is 8.90. The number of carbonyl (C=O) groups is 2. The van der Waals surface area contributed by atoms with Crippen molar-refractivity contribution in [1.82, 2.24) is 5.32 Å². The molecule has 0 heterocycles. The zero-order valence-electron chi connectivity index (χ0n) is 9.90. The highest BCUT2D eigenvalue weighted by molar-refractivity contribution is 6.34. The highest BCUT2D eigenvalue weighted by Crippen LogP contribution is 2.23. The Hall–Kier alpha value is -1.30. The van der Waals surface area contributed by atoms with Gasteiger partial charge in [-0.25, -0.2) is 0 Å². The third-order valence-electron chi connectivity index (χ3n) is 2.32. The molecular weight excluding hydrogens is 293 g/mol. The van der Waals surface area contributed by atoms with Crippen molar-refractivity contribution in [3.8, 4) is 0 Å². The van der Waals surface area contributed by atoms with Crippen LogP contribution in [0.25, 0.3) is 0 Å². The predicted octanol–water partition coefficient (Wildman–Crippen LogP) is 2.01. The molecule has 0 aliphatic heterocycles. The van der Waals surface area contributed by atoms with E-state index in [0.29, 0.717) is 16.5 Å². The zero-order valence-corrected chi connectivity index (χ0v) is 11.4. The third-order valence-corrected chi connectivity index (χ3v) is 2.75. The molecule has 0 aliphatic rings. The van der Waals surface area contributed by atoms with Gasteiger partial charge in [0.2, 0.25) is 0 Å². The number of halogens is 2. The van der Waals surface area contributed by atoms with Gasteiger partial charge in [-0.05, 0) is 30.2 Å². The van der Waals surface area contributed by atoms with Gasteiger partial charge in [0.05, 0.1) is 0 Å². The number of carbonyl (C=O) groups excluding carboxylic acids is 1. The minimum absolute atomic E-state index is 0.0423. The Balaban J connectivity index is 2.54. The number of hydrogen-bond donors (Lipinski definition) is 3. The third kappa shape index (κ3) is 5.46. The van der Waals surface area contributed by atoms with Gasteiger partial charge in [0.15, 0.2) is 6.10 Å². The van der Waals surface area contributed by atoms with E-state index >= 15 is 0 Å². The minimum atomic E-state index is -1.39. The lowest BCUT2D eigenvalue weighted by Gasteiger charge is -2.12.